The number of aromatic amines is 1. The zero-order valence-corrected chi connectivity index (χ0v) is 15.2. The van der Waals surface area contributed by atoms with Crippen LogP contribution in [0.4, 0.5) is 5.82 Å². The van der Waals surface area contributed by atoms with E-state index < -0.39 is 0 Å². The summed E-state index contributed by atoms with van der Waals surface area (Å²) in [6.45, 7) is 6.83. The fourth-order valence-electron chi connectivity index (χ4n) is 3.35. The number of hydrogen-bond donors (Lipinski definition) is 4. The number of rotatable bonds is 4. The fourth-order valence-corrected chi connectivity index (χ4v) is 3.35. The van der Waals surface area contributed by atoms with Gasteiger partial charge in [0.15, 0.2) is 0 Å². The van der Waals surface area contributed by atoms with E-state index >= 15 is 0 Å². The Labute approximate surface area is 157 Å². The Kier molecular flexibility index (Phi) is 5.23. The van der Waals surface area contributed by atoms with Crippen molar-refractivity contribution in [3.05, 3.63) is 59.3 Å². The second-order valence-electron chi connectivity index (χ2n) is 6.43. The Morgan fingerprint density at radius 2 is 2.19 bits per heavy atom. The minimum Gasteiger partial charge on any atom is -0.507 e. The number of amides is 1. The summed E-state index contributed by atoms with van der Waals surface area (Å²) in [5.41, 5.74) is 15.7. The molecule has 0 radical (unpaired) electrons. The molecule has 1 amide bonds. The van der Waals surface area contributed by atoms with Crippen molar-refractivity contribution >= 4 is 23.5 Å². The third-order valence-corrected chi connectivity index (χ3v) is 4.80. The highest BCUT2D eigenvalue weighted by Gasteiger charge is 2.30. The predicted molar refractivity (Wildman–Crippen MR) is 106 cm³/mol. The third kappa shape index (κ3) is 3.54. The van der Waals surface area contributed by atoms with Gasteiger partial charge in [0.2, 0.25) is 5.91 Å². The minimum absolute atomic E-state index is 0.0988. The van der Waals surface area contributed by atoms with Gasteiger partial charge in [0.25, 0.3) is 0 Å². The zero-order valence-electron chi connectivity index (χ0n) is 15.2. The lowest BCUT2D eigenvalue weighted by Crippen LogP contribution is -2.43. The average Bonchev–Trinajstić information content (AvgIpc) is 2.95. The normalized spacial score (nSPS) is 17.7. The zero-order chi connectivity index (χ0) is 19.6. The fraction of sp³-hybridized carbons (Fsp3) is 0.250. The van der Waals surface area contributed by atoms with E-state index in [4.69, 9.17) is 16.2 Å². The first-order chi connectivity index (χ1) is 12.9. The van der Waals surface area contributed by atoms with Crippen LogP contribution in [0.25, 0.3) is 11.8 Å². The Bertz CT molecular complexity index is 901. The number of ether oxygens (including phenoxy) is 1. The number of aromatic nitrogens is 1. The Hall–Kier alpha value is -3.19. The molecule has 1 aliphatic rings. The van der Waals surface area contributed by atoms with Gasteiger partial charge in [-0.15, -0.1) is 0 Å². The summed E-state index contributed by atoms with van der Waals surface area (Å²) in [5.74, 6) is 0.390. The van der Waals surface area contributed by atoms with Gasteiger partial charge < -0.3 is 31.2 Å². The Morgan fingerprint density at radius 1 is 1.44 bits per heavy atom. The Morgan fingerprint density at radius 3 is 2.89 bits per heavy atom. The molecule has 1 aromatic carbocycles. The summed E-state index contributed by atoms with van der Waals surface area (Å²) in [6.07, 6.45) is 3.03. The maximum Gasteiger partial charge on any atom is 0.246 e. The van der Waals surface area contributed by atoms with E-state index in [1.54, 1.807) is 35.2 Å². The average molecular weight is 368 g/mol. The maximum absolute atomic E-state index is 12.2. The number of H-pyrrole nitrogens is 1. The molecule has 0 spiro atoms. The number of aromatic hydroxyl groups is 1. The van der Waals surface area contributed by atoms with Gasteiger partial charge in [0.1, 0.15) is 11.6 Å². The van der Waals surface area contributed by atoms with Crippen molar-refractivity contribution in [2.75, 3.05) is 25.5 Å². The molecule has 27 heavy (non-hydrogen) atoms. The highest BCUT2D eigenvalue weighted by atomic mass is 16.5. The summed E-state index contributed by atoms with van der Waals surface area (Å²) >= 11 is 0. The number of nitrogens with zero attached hydrogens (tertiary/aromatic N) is 1. The molecule has 7 heteroatoms. The number of nitrogen functional groups attached to an aromatic ring is 1. The first kappa shape index (κ1) is 18.6. The number of anilines is 1. The van der Waals surface area contributed by atoms with Crippen LogP contribution in [0, 0.1) is 6.92 Å². The monoisotopic (exact) mass is 368 g/mol. The summed E-state index contributed by atoms with van der Waals surface area (Å²) in [6, 6.07) is 6.56. The lowest BCUT2D eigenvalue weighted by molar-refractivity contribution is -0.134. The number of nitrogens with two attached hydrogens (primary N) is 2. The van der Waals surface area contributed by atoms with E-state index in [0.717, 1.165) is 16.8 Å². The molecule has 1 unspecified atom stereocenters. The second-order valence-corrected chi connectivity index (χ2v) is 6.43. The SMILES string of the molecule is C=CC(=O)N1CCOCC1c1[nH]c(N)c(/C=C(\N)c2ccccc2O)c1C. The maximum atomic E-state index is 12.2. The number of benzene rings is 1. The topological polar surface area (TPSA) is 118 Å². The van der Waals surface area contributed by atoms with Gasteiger partial charge >= 0.3 is 0 Å². The molecule has 0 saturated carbocycles. The lowest BCUT2D eigenvalue weighted by Gasteiger charge is -2.35. The van der Waals surface area contributed by atoms with Crippen molar-refractivity contribution in [3.8, 4) is 5.75 Å². The van der Waals surface area contributed by atoms with Crippen molar-refractivity contribution in [2.24, 2.45) is 5.73 Å². The molecule has 2 heterocycles. The molecule has 3 rings (SSSR count). The van der Waals surface area contributed by atoms with Crippen LogP contribution in [0.1, 0.15) is 28.4 Å². The van der Waals surface area contributed by atoms with Crippen LogP contribution in [-0.4, -0.2) is 40.7 Å². The van der Waals surface area contributed by atoms with Gasteiger partial charge in [-0.25, -0.2) is 0 Å². The number of carbonyl (C=O) groups is 1. The van der Waals surface area contributed by atoms with Crippen LogP contribution in [0.5, 0.6) is 5.75 Å². The summed E-state index contributed by atoms with van der Waals surface area (Å²) in [7, 11) is 0. The van der Waals surface area contributed by atoms with Crippen LogP contribution >= 0.6 is 0 Å². The molecule has 0 aliphatic carbocycles. The van der Waals surface area contributed by atoms with E-state index in [9.17, 15) is 9.90 Å². The molecule has 0 bridgehead atoms. The molecular formula is C20H24N4O3. The van der Waals surface area contributed by atoms with Crippen LogP contribution in [0.3, 0.4) is 0 Å². The number of nitrogens with one attached hydrogen (secondary N) is 1. The van der Waals surface area contributed by atoms with E-state index in [1.165, 1.54) is 6.08 Å². The van der Waals surface area contributed by atoms with Gasteiger partial charge in [-0.1, -0.05) is 18.7 Å². The minimum atomic E-state index is -0.278. The van der Waals surface area contributed by atoms with Crippen molar-refractivity contribution in [1.29, 1.82) is 0 Å². The third-order valence-electron chi connectivity index (χ3n) is 4.80. The van der Waals surface area contributed by atoms with E-state index in [0.29, 0.717) is 36.8 Å². The number of carbonyl (C=O) groups excluding carboxylic acids is 1. The smallest absolute Gasteiger partial charge is 0.246 e. The number of para-hydroxylation sites is 1. The summed E-state index contributed by atoms with van der Waals surface area (Å²) in [4.78, 5) is 17.1. The summed E-state index contributed by atoms with van der Waals surface area (Å²) < 4.78 is 5.57. The van der Waals surface area contributed by atoms with E-state index in [1.807, 2.05) is 6.92 Å². The standard InChI is InChI=1S/C20H24N4O3/c1-3-18(26)24-8-9-27-11-16(24)19-12(2)14(20(22)23-19)10-15(21)13-6-4-5-7-17(13)25/h3-7,10,16,23,25H,1,8-9,11,21-22H2,2H3/b15-10-. The predicted octanol–water partition coefficient (Wildman–Crippen LogP) is 2.15. The van der Waals surface area contributed by atoms with Gasteiger partial charge in [-0.05, 0) is 36.8 Å². The molecule has 1 atom stereocenters. The highest BCUT2D eigenvalue weighted by Crippen LogP contribution is 2.33. The highest BCUT2D eigenvalue weighted by molar-refractivity contribution is 5.88. The van der Waals surface area contributed by atoms with Crippen molar-refractivity contribution < 1.29 is 14.6 Å². The largest absolute Gasteiger partial charge is 0.507 e. The van der Waals surface area contributed by atoms with Crippen molar-refractivity contribution in [1.82, 2.24) is 9.88 Å². The van der Waals surface area contributed by atoms with E-state index in [-0.39, 0.29) is 17.7 Å². The molecule has 142 valence electrons. The number of phenolic OH excluding ortho intramolecular Hbond substituents is 1. The second kappa shape index (κ2) is 7.59. The van der Waals surface area contributed by atoms with Gasteiger partial charge in [0, 0.05) is 29.1 Å². The first-order valence-corrected chi connectivity index (χ1v) is 8.68. The molecule has 1 saturated heterocycles. The number of hydrogen-bond acceptors (Lipinski definition) is 5. The van der Waals surface area contributed by atoms with Crippen molar-refractivity contribution in [3.63, 3.8) is 0 Å². The molecular weight excluding hydrogens is 344 g/mol. The number of morpholine rings is 1. The first-order valence-electron chi connectivity index (χ1n) is 8.68. The molecule has 7 nitrogen and oxygen atoms in total. The van der Waals surface area contributed by atoms with Crippen molar-refractivity contribution in [2.45, 2.75) is 13.0 Å². The number of phenols is 1. The molecule has 1 aromatic heterocycles. The van der Waals surface area contributed by atoms with Crippen LogP contribution < -0.4 is 11.5 Å². The molecule has 2 aromatic rings. The van der Waals surface area contributed by atoms with E-state index in [2.05, 4.69) is 11.6 Å². The quantitative estimate of drug-likeness (QED) is 0.617. The van der Waals surface area contributed by atoms with Crippen LogP contribution in [0.2, 0.25) is 0 Å². The van der Waals surface area contributed by atoms with Crippen LogP contribution in [-0.2, 0) is 9.53 Å². The molecule has 6 N–H and O–H groups in total. The molecule has 1 fully saturated rings. The lowest BCUT2D eigenvalue weighted by atomic mass is 10.0. The Balaban J connectivity index is 1.99. The van der Waals surface area contributed by atoms with Gasteiger partial charge in [-0.2, -0.15) is 0 Å². The molecule has 1 aliphatic heterocycles. The van der Waals surface area contributed by atoms with Gasteiger partial charge in [-0.3, -0.25) is 4.79 Å². The van der Waals surface area contributed by atoms with Gasteiger partial charge in [0.05, 0.1) is 19.3 Å². The summed E-state index contributed by atoms with van der Waals surface area (Å²) in [5, 5.41) is 10.00. The van der Waals surface area contributed by atoms with Crippen LogP contribution in [0.15, 0.2) is 36.9 Å².